The average molecular weight is 514 g/mol. The number of hydrogen-bond donors (Lipinski definition) is 1. The van der Waals surface area contributed by atoms with Gasteiger partial charge in [-0.3, -0.25) is 0 Å². The second kappa shape index (κ2) is 11.1. The Morgan fingerprint density at radius 2 is 1.62 bits per heavy atom. The molecule has 10 heteroatoms. The van der Waals surface area contributed by atoms with Gasteiger partial charge in [0, 0.05) is 48.7 Å². The molecule has 1 saturated heterocycles. The number of carbonyl (C=O) groups is 1. The number of aryl methyl sites for hydroxylation is 1. The van der Waals surface area contributed by atoms with Crippen molar-refractivity contribution in [2.75, 3.05) is 43.0 Å². The van der Waals surface area contributed by atoms with Gasteiger partial charge in [0.15, 0.2) is 5.82 Å². The summed E-state index contributed by atoms with van der Waals surface area (Å²) in [7, 11) is 0. The zero-order valence-corrected chi connectivity index (χ0v) is 21.1. The Morgan fingerprint density at radius 3 is 2.19 bits per heavy atom. The number of carbonyl (C=O) groups excluding carboxylic acids is 1. The van der Waals surface area contributed by atoms with E-state index in [4.69, 9.17) is 9.72 Å². The average Bonchev–Trinajstić information content (AvgIpc) is 2.89. The number of anilines is 2. The summed E-state index contributed by atoms with van der Waals surface area (Å²) in [6.45, 7) is 8.56. The van der Waals surface area contributed by atoms with Gasteiger partial charge < -0.3 is 19.9 Å². The van der Waals surface area contributed by atoms with Gasteiger partial charge in [0.2, 0.25) is 0 Å². The summed E-state index contributed by atoms with van der Waals surface area (Å²) in [5.74, 6) is 1.89. The van der Waals surface area contributed by atoms with Gasteiger partial charge in [-0.05, 0) is 56.7 Å². The molecule has 0 bridgehead atoms. The lowest BCUT2D eigenvalue weighted by Crippen LogP contribution is -2.50. The fraction of sp³-hybridized carbons (Fsp3) is 0.370. The number of benzene rings is 2. The van der Waals surface area contributed by atoms with Crippen LogP contribution >= 0.6 is 0 Å². The molecule has 1 aliphatic rings. The molecule has 1 N–H and O–H groups in total. The van der Waals surface area contributed by atoms with E-state index in [0.717, 1.165) is 35.0 Å². The molecule has 4 rings (SSSR count). The standard InChI is InChI=1S/C27H30F3N5O2/c1-4-23-18(3)31-24(19-6-8-20(9-7-19)27(28,29)30)33-25(23)34-14-16-35(17-15-34)26(36)32-21-10-12-22(13-11-21)37-5-2/h6-13H,4-5,14-17H2,1-3H3,(H,32,36). The molecule has 1 fully saturated rings. The van der Waals surface area contributed by atoms with Crippen LogP contribution in [0.4, 0.5) is 29.5 Å². The second-order valence-electron chi connectivity index (χ2n) is 8.73. The van der Waals surface area contributed by atoms with E-state index in [-0.39, 0.29) is 6.03 Å². The van der Waals surface area contributed by atoms with Crippen LogP contribution in [0, 0.1) is 6.92 Å². The third-order valence-electron chi connectivity index (χ3n) is 6.30. The van der Waals surface area contributed by atoms with E-state index in [1.165, 1.54) is 12.1 Å². The number of piperazine rings is 1. The molecule has 2 aromatic carbocycles. The van der Waals surface area contributed by atoms with Crippen molar-refractivity contribution in [2.24, 2.45) is 0 Å². The minimum atomic E-state index is -4.40. The van der Waals surface area contributed by atoms with Crippen molar-refractivity contribution < 1.29 is 22.7 Å². The molecule has 0 radical (unpaired) electrons. The van der Waals surface area contributed by atoms with Crippen LogP contribution in [-0.2, 0) is 12.6 Å². The van der Waals surface area contributed by atoms with E-state index in [1.807, 2.05) is 32.9 Å². The summed E-state index contributed by atoms with van der Waals surface area (Å²) in [5.41, 5.74) is 2.28. The molecular weight excluding hydrogens is 483 g/mol. The highest BCUT2D eigenvalue weighted by molar-refractivity contribution is 5.89. The number of aromatic nitrogens is 2. The smallest absolute Gasteiger partial charge is 0.416 e. The first-order chi connectivity index (χ1) is 17.7. The maximum absolute atomic E-state index is 13.0. The fourth-order valence-electron chi connectivity index (χ4n) is 4.32. The first-order valence-corrected chi connectivity index (χ1v) is 12.3. The minimum Gasteiger partial charge on any atom is -0.494 e. The number of amides is 2. The Labute approximate surface area is 214 Å². The lowest BCUT2D eigenvalue weighted by molar-refractivity contribution is -0.137. The molecule has 196 valence electrons. The lowest BCUT2D eigenvalue weighted by Gasteiger charge is -2.36. The van der Waals surface area contributed by atoms with Gasteiger partial charge in [-0.25, -0.2) is 14.8 Å². The molecule has 0 spiro atoms. The highest BCUT2D eigenvalue weighted by atomic mass is 19.4. The summed E-state index contributed by atoms with van der Waals surface area (Å²) in [4.78, 5) is 26.0. The predicted octanol–water partition coefficient (Wildman–Crippen LogP) is 5.79. The Hall–Kier alpha value is -3.82. The Kier molecular flexibility index (Phi) is 7.85. The third kappa shape index (κ3) is 6.12. The monoisotopic (exact) mass is 513 g/mol. The quantitative estimate of drug-likeness (QED) is 0.452. The van der Waals surface area contributed by atoms with Crippen LogP contribution in [-0.4, -0.2) is 53.7 Å². The summed E-state index contributed by atoms with van der Waals surface area (Å²) in [6.07, 6.45) is -3.68. The third-order valence-corrected chi connectivity index (χ3v) is 6.30. The molecule has 0 atom stereocenters. The fourth-order valence-corrected chi connectivity index (χ4v) is 4.32. The van der Waals surface area contributed by atoms with Crippen LogP contribution in [0.2, 0.25) is 0 Å². The van der Waals surface area contributed by atoms with E-state index in [0.29, 0.717) is 56.3 Å². The van der Waals surface area contributed by atoms with Gasteiger partial charge >= 0.3 is 12.2 Å². The first kappa shape index (κ1) is 26.2. The van der Waals surface area contributed by atoms with Gasteiger partial charge in [0.1, 0.15) is 11.6 Å². The molecule has 1 aliphatic heterocycles. The normalized spacial score (nSPS) is 14.0. The van der Waals surface area contributed by atoms with E-state index in [2.05, 4.69) is 15.2 Å². The van der Waals surface area contributed by atoms with Crippen LogP contribution in [0.25, 0.3) is 11.4 Å². The molecule has 2 heterocycles. The zero-order valence-electron chi connectivity index (χ0n) is 21.1. The molecule has 37 heavy (non-hydrogen) atoms. The van der Waals surface area contributed by atoms with Crippen LogP contribution in [0.1, 0.15) is 30.7 Å². The van der Waals surface area contributed by atoms with Crippen LogP contribution in [0.15, 0.2) is 48.5 Å². The summed E-state index contributed by atoms with van der Waals surface area (Å²) >= 11 is 0. The lowest BCUT2D eigenvalue weighted by atomic mass is 10.1. The molecule has 2 amide bonds. The van der Waals surface area contributed by atoms with Crippen molar-refractivity contribution >= 4 is 17.5 Å². The van der Waals surface area contributed by atoms with Crippen molar-refractivity contribution in [1.82, 2.24) is 14.9 Å². The molecule has 0 aliphatic carbocycles. The van der Waals surface area contributed by atoms with Crippen molar-refractivity contribution in [1.29, 1.82) is 0 Å². The second-order valence-corrected chi connectivity index (χ2v) is 8.73. The van der Waals surface area contributed by atoms with Gasteiger partial charge in [0.25, 0.3) is 0 Å². The summed E-state index contributed by atoms with van der Waals surface area (Å²) < 4.78 is 44.3. The van der Waals surface area contributed by atoms with Gasteiger partial charge in [-0.1, -0.05) is 19.1 Å². The molecular formula is C27H30F3N5O2. The van der Waals surface area contributed by atoms with Gasteiger partial charge in [-0.15, -0.1) is 0 Å². The largest absolute Gasteiger partial charge is 0.494 e. The molecule has 3 aromatic rings. The van der Waals surface area contributed by atoms with E-state index in [1.54, 1.807) is 17.0 Å². The topological polar surface area (TPSA) is 70.6 Å². The van der Waals surface area contributed by atoms with Crippen LogP contribution in [0.5, 0.6) is 5.75 Å². The van der Waals surface area contributed by atoms with Crippen LogP contribution < -0.4 is 15.0 Å². The Bertz CT molecular complexity index is 1220. The Morgan fingerprint density at radius 1 is 0.973 bits per heavy atom. The number of hydrogen-bond acceptors (Lipinski definition) is 5. The highest BCUT2D eigenvalue weighted by Gasteiger charge is 2.30. The zero-order chi connectivity index (χ0) is 26.6. The minimum absolute atomic E-state index is 0.177. The van der Waals surface area contributed by atoms with E-state index < -0.39 is 11.7 Å². The maximum Gasteiger partial charge on any atom is 0.416 e. The predicted molar refractivity (Wildman–Crippen MR) is 137 cm³/mol. The van der Waals surface area contributed by atoms with Crippen molar-refractivity contribution in [2.45, 2.75) is 33.4 Å². The molecule has 1 aromatic heterocycles. The first-order valence-electron chi connectivity index (χ1n) is 12.3. The number of alkyl halides is 3. The number of rotatable bonds is 6. The van der Waals surface area contributed by atoms with Crippen LogP contribution in [0.3, 0.4) is 0 Å². The summed E-state index contributed by atoms with van der Waals surface area (Å²) in [6, 6.07) is 11.9. The molecule has 0 unspecified atom stereocenters. The van der Waals surface area contributed by atoms with Gasteiger partial charge in [-0.2, -0.15) is 13.2 Å². The van der Waals surface area contributed by atoms with E-state index >= 15 is 0 Å². The maximum atomic E-state index is 13.0. The van der Waals surface area contributed by atoms with E-state index in [9.17, 15) is 18.0 Å². The number of nitrogens with one attached hydrogen (secondary N) is 1. The molecule has 0 saturated carbocycles. The number of nitrogens with zero attached hydrogens (tertiary/aromatic N) is 4. The SMILES string of the molecule is CCOc1ccc(NC(=O)N2CCN(c3nc(-c4ccc(C(F)(F)F)cc4)nc(C)c3CC)CC2)cc1. The highest BCUT2D eigenvalue weighted by Crippen LogP contribution is 2.32. The Balaban J connectivity index is 1.46. The number of ether oxygens (including phenoxy) is 1. The van der Waals surface area contributed by atoms with Crippen molar-refractivity contribution in [3.05, 3.63) is 65.4 Å². The van der Waals surface area contributed by atoms with Gasteiger partial charge in [0.05, 0.1) is 12.2 Å². The number of halogens is 3. The number of urea groups is 1. The molecule has 7 nitrogen and oxygen atoms in total. The van der Waals surface area contributed by atoms with Crippen molar-refractivity contribution in [3.63, 3.8) is 0 Å². The van der Waals surface area contributed by atoms with Crippen molar-refractivity contribution in [3.8, 4) is 17.1 Å². The summed E-state index contributed by atoms with van der Waals surface area (Å²) in [5, 5.41) is 2.92.